The summed E-state index contributed by atoms with van der Waals surface area (Å²) in [6.07, 6.45) is 1.96. The number of hydrogen-bond donors (Lipinski definition) is 3. The zero-order chi connectivity index (χ0) is 14.1. The van der Waals surface area contributed by atoms with Crippen LogP contribution in [0.4, 0.5) is 11.4 Å². The number of rotatable bonds is 4. The van der Waals surface area contributed by atoms with Crippen LogP contribution in [0.5, 0.6) is 0 Å². The van der Waals surface area contributed by atoms with Gasteiger partial charge in [-0.15, -0.1) is 0 Å². The van der Waals surface area contributed by atoms with Gasteiger partial charge in [0.2, 0.25) is 10.0 Å². The first-order valence-electron chi connectivity index (χ1n) is 6.10. The molecule has 1 saturated heterocycles. The highest BCUT2D eigenvalue weighted by Crippen LogP contribution is 2.28. The van der Waals surface area contributed by atoms with Gasteiger partial charge in [0.15, 0.2) is 0 Å². The third-order valence-electron chi connectivity index (χ3n) is 3.27. The second kappa shape index (κ2) is 4.99. The van der Waals surface area contributed by atoms with Gasteiger partial charge in [-0.25, -0.2) is 13.6 Å². The predicted molar refractivity (Wildman–Crippen MR) is 74.3 cm³/mol. The van der Waals surface area contributed by atoms with Crippen molar-refractivity contribution in [3.63, 3.8) is 0 Å². The lowest BCUT2D eigenvalue weighted by Gasteiger charge is -2.24. The number of benzene rings is 1. The smallest absolute Gasteiger partial charge is 0.240 e. The highest BCUT2D eigenvalue weighted by molar-refractivity contribution is 7.89. The summed E-state index contributed by atoms with van der Waals surface area (Å²) in [5.41, 5.74) is 6.14. The maximum absolute atomic E-state index is 11.5. The van der Waals surface area contributed by atoms with E-state index in [1.807, 2.05) is 6.92 Å². The molecule has 2 rings (SSSR count). The van der Waals surface area contributed by atoms with E-state index in [-0.39, 0.29) is 10.5 Å². The van der Waals surface area contributed by atoms with Crippen molar-refractivity contribution in [3.05, 3.63) is 18.2 Å². The summed E-state index contributed by atoms with van der Waals surface area (Å²) in [6.45, 7) is 3.27. The van der Waals surface area contributed by atoms with Crippen LogP contribution in [0.1, 0.15) is 19.8 Å². The molecule has 0 saturated carbocycles. The van der Waals surface area contributed by atoms with Gasteiger partial charge in [-0.3, -0.25) is 0 Å². The van der Waals surface area contributed by atoms with Gasteiger partial charge in [0.25, 0.3) is 0 Å². The van der Waals surface area contributed by atoms with Gasteiger partial charge in [-0.1, -0.05) is 0 Å². The number of nitrogen functional groups attached to an aromatic ring is 1. The zero-order valence-corrected chi connectivity index (χ0v) is 11.7. The van der Waals surface area contributed by atoms with Crippen molar-refractivity contribution in [3.8, 4) is 0 Å². The van der Waals surface area contributed by atoms with E-state index in [0.29, 0.717) is 17.9 Å². The molecule has 0 amide bonds. The lowest BCUT2D eigenvalue weighted by atomic mass is 10.0. The summed E-state index contributed by atoms with van der Waals surface area (Å²) >= 11 is 0. The molecular weight excluding hydrogens is 266 g/mol. The first-order valence-corrected chi connectivity index (χ1v) is 7.65. The van der Waals surface area contributed by atoms with Gasteiger partial charge >= 0.3 is 0 Å². The van der Waals surface area contributed by atoms with E-state index in [1.54, 1.807) is 12.1 Å². The van der Waals surface area contributed by atoms with Crippen molar-refractivity contribution in [1.29, 1.82) is 0 Å². The molecule has 19 heavy (non-hydrogen) atoms. The average molecular weight is 285 g/mol. The molecule has 6 nitrogen and oxygen atoms in total. The molecule has 1 aliphatic heterocycles. The van der Waals surface area contributed by atoms with Crippen molar-refractivity contribution in [2.75, 3.05) is 24.2 Å². The number of anilines is 2. The average Bonchev–Trinajstić information content (AvgIpc) is 2.74. The first kappa shape index (κ1) is 14.1. The van der Waals surface area contributed by atoms with Crippen LogP contribution in [0.15, 0.2) is 23.1 Å². The summed E-state index contributed by atoms with van der Waals surface area (Å²) in [5.74, 6) is 0. The molecule has 0 aliphatic carbocycles. The SMILES string of the molecule is CC1(CNc2ccc(N)cc2S(N)(=O)=O)CCCO1. The molecule has 1 atom stereocenters. The summed E-state index contributed by atoms with van der Waals surface area (Å²) < 4.78 is 28.7. The Bertz CT molecular complexity index is 566. The number of hydrogen-bond acceptors (Lipinski definition) is 5. The van der Waals surface area contributed by atoms with Crippen molar-refractivity contribution in [2.45, 2.75) is 30.3 Å². The molecule has 0 spiro atoms. The molecule has 1 aromatic rings. The second-order valence-corrected chi connectivity index (χ2v) is 6.59. The van der Waals surface area contributed by atoms with Crippen molar-refractivity contribution < 1.29 is 13.2 Å². The molecule has 1 aromatic carbocycles. The lowest BCUT2D eigenvalue weighted by Crippen LogP contribution is -2.33. The van der Waals surface area contributed by atoms with E-state index in [0.717, 1.165) is 19.4 Å². The maximum atomic E-state index is 11.5. The standard InChI is InChI=1S/C12H19N3O3S/c1-12(5-2-6-18-12)8-15-10-4-3-9(13)7-11(10)19(14,16)17/h3-4,7,15H,2,5-6,8,13H2,1H3,(H2,14,16,17). The van der Waals surface area contributed by atoms with E-state index >= 15 is 0 Å². The highest BCUT2D eigenvalue weighted by Gasteiger charge is 2.30. The summed E-state index contributed by atoms with van der Waals surface area (Å²) in [5, 5.41) is 8.28. The number of primary sulfonamides is 1. The van der Waals surface area contributed by atoms with Crippen LogP contribution in [0, 0.1) is 0 Å². The molecule has 5 N–H and O–H groups in total. The molecule has 1 fully saturated rings. The van der Waals surface area contributed by atoms with E-state index < -0.39 is 10.0 Å². The van der Waals surface area contributed by atoms with Crippen LogP contribution in [0.25, 0.3) is 0 Å². The molecule has 0 bridgehead atoms. The monoisotopic (exact) mass is 285 g/mol. The number of nitrogens with one attached hydrogen (secondary N) is 1. The van der Waals surface area contributed by atoms with Crippen LogP contribution in [0.3, 0.4) is 0 Å². The fraction of sp³-hybridized carbons (Fsp3) is 0.500. The number of ether oxygens (including phenoxy) is 1. The Morgan fingerprint density at radius 3 is 2.79 bits per heavy atom. The largest absolute Gasteiger partial charge is 0.399 e. The first-order chi connectivity index (χ1) is 8.80. The van der Waals surface area contributed by atoms with Crippen LogP contribution in [-0.4, -0.2) is 27.2 Å². The van der Waals surface area contributed by atoms with Crippen molar-refractivity contribution in [2.24, 2.45) is 5.14 Å². The lowest BCUT2D eigenvalue weighted by molar-refractivity contribution is 0.0315. The minimum atomic E-state index is -3.80. The quantitative estimate of drug-likeness (QED) is 0.712. The predicted octanol–water partition coefficient (Wildman–Crippen LogP) is 0.897. The van der Waals surface area contributed by atoms with E-state index in [9.17, 15) is 8.42 Å². The van der Waals surface area contributed by atoms with Gasteiger partial charge in [0, 0.05) is 18.8 Å². The number of nitrogens with two attached hydrogens (primary N) is 2. The zero-order valence-electron chi connectivity index (χ0n) is 10.8. The summed E-state index contributed by atoms with van der Waals surface area (Å²) in [6, 6.07) is 4.61. The van der Waals surface area contributed by atoms with Crippen LogP contribution >= 0.6 is 0 Å². The van der Waals surface area contributed by atoms with E-state index in [1.165, 1.54) is 6.07 Å². The van der Waals surface area contributed by atoms with Gasteiger partial charge < -0.3 is 15.8 Å². The molecule has 0 radical (unpaired) electrons. The number of sulfonamides is 1. The normalized spacial score (nSPS) is 23.5. The Morgan fingerprint density at radius 2 is 2.21 bits per heavy atom. The minimum absolute atomic E-state index is 0.00842. The topological polar surface area (TPSA) is 107 Å². The molecule has 1 heterocycles. The second-order valence-electron chi connectivity index (χ2n) is 5.06. The van der Waals surface area contributed by atoms with Gasteiger partial charge in [0.1, 0.15) is 4.90 Å². The van der Waals surface area contributed by atoms with Crippen LogP contribution in [-0.2, 0) is 14.8 Å². The Balaban J connectivity index is 2.21. The molecule has 1 unspecified atom stereocenters. The van der Waals surface area contributed by atoms with E-state index in [2.05, 4.69) is 5.32 Å². The Kier molecular flexibility index (Phi) is 3.71. The van der Waals surface area contributed by atoms with E-state index in [4.69, 9.17) is 15.6 Å². The van der Waals surface area contributed by atoms with Crippen LogP contribution in [0.2, 0.25) is 0 Å². The van der Waals surface area contributed by atoms with Gasteiger partial charge in [-0.05, 0) is 38.0 Å². The Hall–Kier alpha value is -1.31. The minimum Gasteiger partial charge on any atom is -0.399 e. The Morgan fingerprint density at radius 1 is 1.47 bits per heavy atom. The molecule has 0 aromatic heterocycles. The fourth-order valence-electron chi connectivity index (χ4n) is 2.18. The van der Waals surface area contributed by atoms with Gasteiger partial charge in [-0.2, -0.15) is 0 Å². The molecule has 106 valence electrons. The third-order valence-corrected chi connectivity index (χ3v) is 4.22. The molecule has 1 aliphatic rings. The van der Waals surface area contributed by atoms with Crippen molar-refractivity contribution >= 4 is 21.4 Å². The molecule has 7 heteroatoms. The third kappa shape index (κ3) is 3.37. The van der Waals surface area contributed by atoms with Crippen molar-refractivity contribution in [1.82, 2.24) is 0 Å². The van der Waals surface area contributed by atoms with Crippen LogP contribution < -0.4 is 16.2 Å². The fourth-order valence-corrected chi connectivity index (χ4v) is 2.93. The Labute approximate surface area is 113 Å². The maximum Gasteiger partial charge on any atom is 0.240 e. The van der Waals surface area contributed by atoms with Gasteiger partial charge in [0.05, 0.1) is 11.3 Å². The molecular formula is C12H19N3O3S. The summed E-state index contributed by atoms with van der Waals surface area (Å²) in [4.78, 5) is 0.00842. The highest BCUT2D eigenvalue weighted by atomic mass is 32.2. The summed E-state index contributed by atoms with van der Waals surface area (Å²) in [7, 11) is -3.80.